The van der Waals surface area contributed by atoms with Gasteiger partial charge in [0.05, 0.1) is 11.8 Å². The van der Waals surface area contributed by atoms with Gasteiger partial charge in [-0.15, -0.1) is 0 Å². The van der Waals surface area contributed by atoms with Crippen molar-refractivity contribution < 1.29 is 9.21 Å². The van der Waals surface area contributed by atoms with Crippen molar-refractivity contribution in [3.05, 3.63) is 23.7 Å². The number of hydrazine groups is 1. The summed E-state index contributed by atoms with van der Waals surface area (Å²) >= 11 is 0. The SMILES string of the molecule is CCc1occc1C(=O)NN. The molecule has 1 aromatic heterocycles. The highest BCUT2D eigenvalue weighted by atomic mass is 16.3. The van der Waals surface area contributed by atoms with Crippen LogP contribution in [0.25, 0.3) is 0 Å². The summed E-state index contributed by atoms with van der Waals surface area (Å²) in [7, 11) is 0. The Morgan fingerprint density at radius 1 is 1.82 bits per heavy atom. The van der Waals surface area contributed by atoms with Crippen LogP contribution in [0.3, 0.4) is 0 Å². The molecule has 1 amide bonds. The molecule has 0 aromatic carbocycles. The number of nitrogen functional groups attached to an aromatic ring is 1. The Labute approximate surface area is 64.3 Å². The highest BCUT2D eigenvalue weighted by molar-refractivity contribution is 5.94. The molecule has 60 valence electrons. The Morgan fingerprint density at radius 2 is 2.55 bits per heavy atom. The molecule has 0 aliphatic heterocycles. The van der Waals surface area contributed by atoms with Gasteiger partial charge in [0, 0.05) is 6.42 Å². The van der Waals surface area contributed by atoms with Crippen molar-refractivity contribution in [1.29, 1.82) is 0 Å². The number of nitrogens with two attached hydrogens (primary N) is 1. The van der Waals surface area contributed by atoms with E-state index >= 15 is 0 Å². The Bertz CT molecular complexity index is 255. The van der Waals surface area contributed by atoms with E-state index in [2.05, 4.69) is 0 Å². The minimum absolute atomic E-state index is 0.310. The molecule has 1 rings (SSSR count). The van der Waals surface area contributed by atoms with Gasteiger partial charge in [-0.3, -0.25) is 10.2 Å². The summed E-state index contributed by atoms with van der Waals surface area (Å²) in [5.74, 6) is 5.30. The van der Waals surface area contributed by atoms with Crippen molar-refractivity contribution in [2.24, 2.45) is 5.84 Å². The van der Waals surface area contributed by atoms with Crippen LogP contribution in [-0.2, 0) is 6.42 Å². The van der Waals surface area contributed by atoms with Crippen molar-refractivity contribution in [1.82, 2.24) is 5.43 Å². The molecule has 4 nitrogen and oxygen atoms in total. The van der Waals surface area contributed by atoms with Gasteiger partial charge in [0.1, 0.15) is 5.76 Å². The van der Waals surface area contributed by atoms with Crippen molar-refractivity contribution >= 4 is 5.91 Å². The Hall–Kier alpha value is -1.29. The lowest BCUT2D eigenvalue weighted by Gasteiger charge is -1.96. The largest absolute Gasteiger partial charge is 0.469 e. The van der Waals surface area contributed by atoms with E-state index < -0.39 is 0 Å². The molecule has 3 N–H and O–H groups in total. The Morgan fingerprint density at radius 3 is 3.09 bits per heavy atom. The van der Waals surface area contributed by atoms with Gasteiger partial charge in [-0.1, -0.05) is 6.92 Å². The normalized spacial score (nSPS) is 9.64. The van der Waals surface area contributed by atoms with Gasteiger partial charge < -0.3 is 4.42 Å². The van der Waals surface area contributed by atoms with Crippen molar-refractivity contribution in [3.63, 3.8) is 0 Å². The lowest BCUT2D eigenvalue weighted by Crippen LogP contribution is -2.30. The highest BCUT2D eigenvalue weighted by Crippen LogP contribution is 2.09. The van der Waals surface area contributed by atoms with Crippen LogP contribution < -0.4 is 11.3 Å². The molecule has 0 saturated carbocycles. The molecular formula is C7H10N2O2. The molecule has 0 unspecified atom stereocenters. The third-order valence-electron chi connectivity index (χ3n) is 1.44. The monoisotopic (exact) mass is 154 g/mol. The van der Waals surface area contributed by atoms with Crippen molar-refractivity contribution in [2.75, 3.05) is 0 Å². The second kappa shape index (κ2) is 3.21. The molecule has 0 aliphatic rings. The van der Waals surface area contributed by atoms with Crippen LogP contribution in [0, 0.1) is 0 Å². The molecule has 11 heavy (non-hydrogen) atoms. The maximum atomic E-state index is 11.0. The standard InChI is InChI=1S/C7H10N2O2/c1-2-6-5(3-4-11-6)7(10)9-8/h3-4H,2,8H2,1H3,(H,9,10). The first-order valence-electron chi connectivity index (χ1n) is 3.37. The minimum atomic E-state index is -0.310. The zero-order valence-electron chi connectivity index (χ0n) is 6.26. The summed E-state index contributed by atoms with van der Waals surface area (Å²) in [6.07, 6.45) is 2.17. The fraction of sp³-hybridized carbons (Fsp3) is 0.286. The maximum absolute atomic E-state index is 11.0. The molecule has 1 aromatic rings. The van der Waals surface area contributed by atoms with Crippen LogP contribution in [-0.4, -0.2) is 5.91 Å². The average molecular weight is 154 g/mol. The second-order valence-electron chi connectivity index (χ2n) is 2.08. The summed E-state index contributed by atoms with van der Waals surface area (Å²) < 4.78 is 5.02. The first-order chi connectivity index (χ1) is 5.29. The number of hydrogen-bond donors (Lipinski definition) is 2. The van der Waals surface area contributed by atoms with E-state index in [0.717, 1.165) is 0 Å². The number of aryl methyl sites for hydroxylation is 1. The highest BCUT2D eigenvalue weighted by Gasteiger charge is 2.10. The van der Waals surface area contributed by atoms with Gasteiger partial charge in [-0.05, 0) is 6.07 Å². The Balaban J connectivity index is 2.92. The number of hydrogen-bond acceptors (Lipinski definition) is 3. The molecule has 0 bridgehead atoms. The topological polar surface area (TPSA) is 68.3 Å². The van der Waals surface area contributed by atoms with Gasteiger partial charge in [0.2, 0.25) is 0 Å². The first kappa shape index (κ1) is 7.81. The minimum Gasteiger partial charge on any atom is -0.469 e. The Kier molecular flexibility index (Phi) is 2.28. The summed E-state index contributed by atoms with van der Waals surface area (Å²) in [5, 5.41) is 0. The second-order valence-corrected chi connectivity index (χ2v) is 2.08. The summed E-state index contributed by atoms with van der Waals surface area (Å²) in [6.45, 7) is 1.91. The number of nitrogens with one attached hydrogen (secondary N) is 1. The van der Waals surface area contributed by atoms with E-state index in [-0.39, 0.29) is 5.91 Å². The third-order valence-corrected chi connectivity index (χ3v) is 1.44. The molecule has 0 atom stereocenters. The van der Waals surface area contributed by atoms with E-state index in [9.17, 15) is 4.79 Å². The van der Waals surface area contributed by atoms with Gasteiger partial charge in [-0.2, -0.15) is 0 Å². The first-order valence-corrected chi connectivity index (χ1v) is 3.37. The third kappa shape index (κ3) is 1.40. The lowest BCUT2D eigenvalue weighted by atomic mass is 10.2. The van der Waals surface area contributed by atoms with Crippen LogP contribution in [0.1, 0.15) is 23.0 Å². The predicted octanol–water partition coefficient (Wildman–Crippen LogP) is 0.446. The van der Waals surface area contributed by atoms with E-state index in [4.69, 9.17) is 10.3 Å². The predicted molar refractivity (Wildman–Crippen MR) is 39.7 cm³/mol. The smallest absolute Gasteiger partial charge is 0.268 e. The quantitative estimate of drug-likeness (QED) is 0.369. The van der Waals surface area contributed by atoms with Gasteiger partial charge in [0.25, 0.3) is 5.91 Å². The van der Waals surface area contributed by atoms with E-state index in [1.165, 1.54) is 6.26 Å². The van der Waals surface area contributed by atoms with Gasteiger partial charge in [-0.25, -0.2) is 5.84 Å². The van der Waals surface area contributed by atoms with Gasteiger partial charge in [0.15, 0.2) is 0 Å². The van der Waals surface area contributed by atoms with Crippen LogP contribution in [0.2, 0.25) is 0 Å². The molecule has 0 saturated heterocycles. The zero-order chi connectivity index (χ0) is 8.27. The van der Waals surface area contributed by atoms with Crippen LogP contribution in [0.5, 0.6) is 0 Å². The molecule has 4 heteroatoms. The molecule has 0 fully saturated rings. The molecule has 0 radical (unpaired) electrons. The average Bonchev–Trinajstić information content (AvgIpc) is 2.50. The van der Waals surface area contributed by atoms with Gasteiger partial charge >= 0.3 is 0 Å². The van der Waals surface area contributed by atoms with Crippen molar-refractivity contribution in [3.8, 4) is 0 Å². The number of amides is 1. The fourth-order valence-corrected chi connectivity index (χ4v) is 0.894. The maximum Gasteiger partial charge on any atom is 0.268 e. The van der Waals surface area contributed by atoms with Crippen LogP contribution >= 0.6 is 0 Å². The molecule has 0 spiro atoms. The zero-order valence-corrected chi connectivity index (χ0v) is 6.26. The van der Waals surface area contributed by atoms with E-state index in [1.807, 2.05) is 12.3 Å². The fourth-order valence-electron chi connectivity index (χ4n) is 0.894. The number of carbonyl (C=O) groups excluding carboxylic acids is 1. The number of carbonyl (C=O) groups is 1. The summed E-state index contributed by atoms with van der Waals surface area (Å²) in [6, 6.07) is 1.60. The summed E-state index contributed by atoms with van der Waals surface area (Å²) in [4.78, 5) is 11.0. The van der Waals surface area contributed by atoms with Crippen LogP contribution in [0.15, 0.2) is 16.7 Å². The molecular weight excluding hydrogens is 144 g/mol. The number of rotatable bonds is 2. The van der Waals surface area contributed by atoms with E-state index in [0.29, 0.717) is 17.7 Å². The molecule has 0 aliphatic carbocycles. The van der Waals surface area contributed by atoms with E-state index in [1.54, 1.807) is 6.07 Å². The van der Waals surface area contributed by atoms with Crippen LogP contribution in [0.4, 0.5) is 0 Å². The van der Waals surface area contributed by atoms with Crippen molar-refractivity contribution in [2.45, 2.75) is 13.3 Å². The lowest BCUT2D eigenvalue weighted by molar-refractivity contribution is 0.0951. The number of furan rings is 1. The molecule has 1 heterocycles. The summed E-state index contributed by atoms with van der Waals surface area (Å²) in [5.41, 5.74) is 2.55.